The summed E-state index contributed by atoms with van der Waals surface area (Å²) < 4.78 is 26.6. The lowest BCUT2D eigenvalue weighted by Gasteiger charge is -2.15. The number of aliphatic hydroxyl groups is 1. The summed E-state index contributed by atoms with van der Waals surface area (Å²) in [5, 5.41) is 9.71. The van der Waals surface area contributed by atoms with Crippen LogP contribution in [0, 0.1) is 5.92 Å². The number of hydrogen-bond acceptors (Lipinski definition) is 4. The van der Waals surface area contributed by atoms with Crippen molar-refractivity contribution in [3.05, 3.63) is 24.3 Å². The highest BCUT2D eigenvalue weighted by atomic mass is 32.2. The van der Waals surface area contributed by atoms with Crippen LogP contribution in [0.4, 0.5) is 5.69 Å². The van der Waals surface area contributed by atoms with E-state index in [9.17, 15) is 13.5 Å². The third-order valence-corrected chi connectivity index (χ3v) is 4.36. The molecule has 0 heterocycles. The summed E-state index contributed by atoms with van der Waals surface area (Å²) in [7, 11) is 0.224. The fraction of sp³-hybridized carbons (Fsp3) is 0.571. The molecule has 2 N–H and O–H groups in total. The summed E-state index contributed by atoms with van der Waals surface area (Å²) in [5.74, 6) is 0.328. The molecule has 0 aliphatic carbocycles. The molecule has 0 aliphatic heterocycles. The first-order valence-corrected chi connectivity index (χ1v) is 8.16. The van der Waals surface area contributed by atoms with Crippen molar-refractivity contribution >= 4 is 15.7 Å². The zero-order valence-electron chi connectivity index (χ0n) is 12.5. The third-order valence-electron chi connectivity index (χ3n) is 2.92. The highest BCUT2D eigenvalue weighted by Gasteiger charge is 2.16. The maximum absolute atomic E-state index is 12.1. The molecule has 1 rings (SSSR count). The van der Waals surface area contributed by atoms with Crippen LogP contribution in [-0.4, -0.2) is 40.3 Å². The zero-order chi connectivity index (χ0) is 15.3. The van der Waals surface area contributed by atoms with E-state index in [1.165, 1.54) is 0 Å². The van der Waals surface area contributed by atoms with Gasteiger partial charge in [0.1, 0.15) is 0 Å². The van der Waals surface area contributed by atoms with Gasteiger partial charge in [-0.25, -0.2) is 13.1 Å². The number of sulfonamides is 1. The fourth-order valence-corrected chi connectivity index (χ4v) is 2.91. The van der Waals surface area contributed by atoms with Gasteiger partial charge in [0.2, 0.25) is 10.0 Å². The summed E-state index contributed by atoms with van der Waals surface area (Å²) >= 11 is 0. The van der Waals surface area contributed by atoms with E-state index in [2.05, 4.69) is 4.72 Å². The van der Waals surface area contributed by atoms with Crippen LogP contribution in [0.25, 0.3) is 0 Å². The number of nitrogens with zero attached hydrogens (tertiary/aromatic N) is 1. The molecule has 5 nitrogen and oxygen atoms in total. The number of benzene rings is 1. The van der Waals surface area contributed by atoms with Crippen LogP contribution in [0.3, 0.4) is 0 Å². The second-order valence-corrected chi connectivity index (χ2v) is 7.29. The van der Waals surface area contributed by atoms with Crippen molar-refractivity contribution in [1.82, 2.24) is 4.72 Å². The van der Waals surface area contributed by atoms with Crippen LogP contribution < -0.4 is 9.62 Å². The van der Waals surface area contributed by atoms with Crippen molar-refractivity contribution in [3.63, 3.8) is 0 Å². The molecule has 0 radical (unpaired) electrons. The van der Waals surface area contributed by atoms with E-state index in [4.69, 9.17) is 0 Å². The Hall–Kier alpha value is -1.11. The predicted octanol–water partition coefficient (Wildman–Crippen LogP) is 1.44. The maximum Gasteiger partial charge on any atom is 0.240 e. The molecule has 0 spiro atoms. The fourth-order valence-electron chi connectivity index (χ4n) is 1.84. The molecule has 0 aliphatic rings. The Balaban J connectivity index is 2.69. The van der Waals surface area contributed by atoms with Crippen molar-refractivity contribution in [1.29, 1.82) is 0 Å². The van der Waals surface area contributed by atoms with Gasteiger partial charge in [-0.2, -0.15) is 0 Å². The van der Waals surface area contributed by atoms with Gasteiger partial charge >= 0.3 is 0 Å². The van der Waals surface area contributed by atoms with Crippen molar-refractivity contribution in [2.75, 3.05) is 25.5 Å². The van der Waals surface area contributed by atoms with Gasteiger partial charge in [-0.15, -0.1) is 0 Å². The van der Waals surface area contributed by atoms with Gasteiger partial charge in [-0.3, -0.25) is 0 Å². The van der Waals surface area contributed by atoms with Crippen LogP contribution >= 0.6 is 0 Å². The van der Waals surface area contributed by atoms with Gasteiger partial charge in [0.25, 0.3) is 0 Å². The summed E-state index contributed by atoms with van der Waals surface area (Å²) in [5.41, 5.74) is 0.934. The van der Waals surface area contributed by atoms with Crippen LogP contribution in [0.15, 0.2) is 29.2 Å². The molecule has 0 saturated heterocycles. The van der Waals surface area contributed by atoms with E-state index in [-0.39, 0.29) is 11.4 Å². The summed E-state index contributed by atoms with van der Waals surface area (Å²) in [6.45, 7) is 4.01. The molecule has 0 fully saturated rings. The Labute approximate surface area is 121 Å². The van der Waals surface area contributed by atoms with Crippen molar-refractivity contribution in [2.45, 2.75) is 31.3 Å². The number of anilines is 1. The summed E-state index contributed by atoms with van der Waals surface area (Å²) in [6.07, 6.45) is -0.0898. The first-order chi connectivity index (χ1) is 9.22. The molecular formula is C14H24N2O3S. The Kier molecular flexibility index (Phi) is 5.98. The van der Waals surface area contributed by atoms with Crippen LogP contribution in [0.1, 0.15) is 20.3 Å². The van der Waals surface area contributed by atoms with Crippen LogP contribution in [-0.2, 0) is 10.0 Å². The Morgan fingerprint density at radius 1 is 1.20 bits per heavy atom. The average Bonchev–Trinajstić information content (AvgIpc) is 2.36. The largest absolute Gasteiger partial charge is 0.392 e. The highest BCUT2D eigenvalue weighted by Crippen LogP contribution is 2.16. The number of nitrogens with one attached hydrogen (secondary N) is 1. The summed E-state index contributed by atoms with van der Waals surface area (Å²) in [4.78, 5) is 2.11. The van der Waals surface area contributed by atoms with E-state index >= 15 is 0 Å². The molecule has 6 heteroatoms. The maximum atomic E-state index is 12.1. The number of aliphatic hydroxyl groups excluding tert-OH is 1. The second-order valence-electron chi connectivity index (χ2n) is 5.52. The van der Waals surface area contributed by atoms with Gasteiger partial charge in [0.15, 0.2) is 0 Å². The average molecular weight is 300 g/mol. The molecular weight excluding hydrogens is 276 g/mol. The molecule has 114 valence electrons. The molecule has 1 atom stereocenters. The predicted molar refractivity (Wildman–Crippen MR) is 81.4 cm³/mol. The van der Waals surface area contributed by atoms with Crippen molar-refractivity contribution in [3.8, 4) is 0 Å². The van der Waals surface area contributed by atoms with Crippen molar-refractivity contribution < 1.29 is 13.5 Å². The van der Waals surface area contributed by atoms with Crippen LogP contribution in [0.2, 0.25) is 0 Å². The quantitative estimate of drug-likeness (QED) is 0.799. The van der Waals surface area contributed by atoms with Gasteiger partial charge in [0.05, 0.1) is 11.0 Å². The Bertz CT molecular complexity index is 510. The molecule has 20 heavy (non-hydrogen) atoms. The molecule has 0 amide bonds. The SMILES string of the molecule is CC(C)C[C@@H](O)CNS(=O)(=O)c1ccc(N(C)C)cc1. The van der Waals surface area contributed by atoms with E-state index in [1.54, 1.807) is 24.3 Å². The first-order valence-electron chi connectivity index (χ1n) is 6.67. The Morgan fingerprint density at radius 3 is 2.20 bits per heavy atom. The lowest BCUT2D eigenvalue weighted by atomic mass is 10.1. The second kappa shape index (κ2) is 7.06. The lowest BCUT2D eigenvalue weighted by molar-refractivity contribution is 0.152. The highest BCUT2D eigenvalue weighted by molar-refractivity contribution is 7.89. The Morgan fingerprint density at radius 2 is 1.75 bits per heavy atom. The van der Waals surface area contributed by atoms with Gasteiger partial charge < -0.3 is 10.0 Å². The molecule has 0 bridgehead atoms. The van der Waals surface area contributed by atoms with E-state index in [0.717, 1.165) is 5.69 Å². The molecule has 0 saturated carbocycles. The number of hydrogen-bond donors (Lipinski definition) is 2. The first kappa shape index (κ1) is 16.9. The minimum atomic E-state index is -3.56. The normalized spacial score (nSPS) is 13.5. The molecule has 0 unspecified atom stereocenters. The van der Waals surface area contributed by atoms with Crippen molar-refractivity contribution in [2.24, 2.45) is 5.92 Å². The standard InChI is InChI=1S/C14H24N2O3S/c1-11(2)9-13(17)10-15-20(18,19)14-7-5-12(6-8-14)16(3)4/h5-8,11,13,15,17H,9-10H2,1-4H3/t13-/m1/s1. The topological polar surface area (TPSA) is 69.6 Å². The van der Waals surface area contributed by atoms with Gasteiger partial charge in [-0.05, 0) is 36.6 Å². The van der Waals surface area contributed by atoms with E-state index in [0.29, 0.717) is 12.3 Å². The lowest BCUT2D eigenvalue weighted by Crippen LogP contribution is -2.32. The molecule has 0 aromatic heterocycles. The van der Waals surface area contributed by atoms with E-state index < -0.39 is 16.1 Å². The minimum Gasteiger partial charge on any atom is -0.392 e. The minimum absolute atomic E-state index is 0.0376. The number of rotatable bonds is 7. The zero-order valence-corrected chi connectivity index (χ0v) is 13.3. The smallest absolute Gasteiger partial charge is 0.240 e. The summed E-state index contributed by atoms with van der Waals surface area (Å²) in [6, 6.07) is 6.62. The monoisotopic (exact) mass is 300 g/mol. The third kappa shape index (κ3) is 5.11. The molecule has 1 aromatic rings. The van der Waals surface area contributed by atoms with Gasteiger partial charge in [0, 0.05) is 26.3 Å². The molecule has 1 aromatic carbocycles. The van der Waals surface area contributed by atoms with Gasteiger partial charge in [-0.1, -0.05) is 13.8 Å². The van der Waals surface area contributed by atoms with Crippen LogP contribution in [0.5, 0.6) is 0 Å². The van der Waals surface area contributed by atoms with E-state index in [1.807, 2.05) is 32.8 Å².